The molecule has 1 N–H and O–H groups in total. The summed E-state index contributed by atoms with van der Waals surface area (Å²) in [5, 5.41) is 5.20. The third-order valence-electron chi connectivity index (χ3n) is 5.11. The average molecular weight is 338 g/mol. The third kappa shape index (κ3) is 3.37. The zero-order valence-electron chi connectivity index (χ0n) is 14.1. The minimum atomic E-state index is -0.159. The summed E-state index contributed by atoms with van der Waals surface area (Å²) >= 11 is 0. The van der Waals surface area contributed by atoms with E-state index < -0.39 is 0 Å². The number of hydrogen-bond donors (Lipinski definition) is 1. The van der Waals surface area contributed by atoms with E-state index in [-0.39, 0.29) is 23.8 Å². The van der Waals surface area contributed by atoms with Crippen LogP contribution in [0, 0.1) is 5.92 Å². The van der Waals surface area contributed by atoms with E-state index in [0.29, 0.717) is 32.7 Å². The summed E-state index contributed by atoms with van der Waals surface area (Å²) in [6, 6.07) is 14.5. The number of carbonyl (C=O) groups is 2. The van der Waals surface area contributed by atoms with Crippen LogP contribution in [0.15, 0.2) is 42.5 Å². The average Bonchev–Trinajstić information content (AvgIpc) is 2.60. The molecule has 25 heavy (non-hydrogen) atoms. The second kappa shape index (κ2) is 6.84. The van der Waals surface area contributed by atoms with Crippen molar-refractivity contribution in [3.8, 4) is 0 Å². The van der Waals surface area contributed by atoms with E-state index >= 15 is 0 Å². The lowest BCUT2D eigenvalue weighted by atomic mass is 9.94. The second-order valence-corrected chi connectivity index (χ2v) is 6.85. The van der Waals surface area contributed by atoms with Crippen molar-refractivity contribution >= 4 is 22.6 Å². The summed E-state index contributed by atoms with van der Waals surface area (Å²) in [6.07, 6.45) is 1.14. The maximum absolute atomic E-state index is 12.4. The zero-order chi connectivity index (χ0) is 17.2. The molecule has 2 saturated heterocycles. The van der Waals surface area contributed by atoms with E-state index in [0.717, 1.165) is 6.42 Å². The van der Waals surface area contributed by atoms with Gasteiger partial charge in [-0.3, -0.25) is 9.59 Å². The van der Waals surface area contributed by atoms with Crippen molar-refractivity contribution in [2.45, 2.75) is 25.6 Å². The van der Waals surface area contributed by atoms with Gasteiger partial charge in [0.05, 0.1) is 12.7 Å². The monoisotopic (exact) mass is 338 g/mol. The SMILES string of the molecule is O=C1CC(C(=O)N2CC(OCc3cccc4ccccc34)C2)CCN1. The molecule has 5 heteroatoms. The number of rotatable bonds is 4. The molecule has 5 nitrogen and oxygen atoms in total. The van der Waals surface area contributed by atoms with Gasteiger partial charge in [0.15, 0.2) is 0 Å². The molecule has 2 amide bonds. The van der Waals surface area contributed by atoms with Gasteiger partial charge in [-0.05, 0) is 22.8 Å². The third-order valence-corrected chi connectivity index (χ3v) is 5.11. The quantitative estimate of drug-likeness (QED) is 0.929. The molecule has 2 aromatic carbocycles. The Morgan fingerprint density at radius 2 is 1.96 bits per heavy atom. The molecule has 1 unspecified atom stereocenters. The van der Waals surface area contributed by atoms with Crippen molar-refractivity contribution in [3.05, 3.63) is 48.0 Å². The summed E-state index contributed by atoms with van der Waals surface area (Å²) in [5.74, 6) is -0.0819. The first kappa shape index (κ1) is 16.1. The molecule has 2 fully saturated rings. The lowest BCUT2D eigenvalue weighted by molar-refractivity contribution is -0.152. The molecular formula is C20H22N2O3. The van der Waals surface area contributed by atoms with E-state index in [4.69, 9.17) is 4.74 Å². The molecule has 2 heterocycles. The molecule has 1 atom stereocenters. The molecule has 4 rings (SSSR count). The summed E-state index contributed by atoms with van der Waals surface area (Å²) in [7, 11) is 0. The molecule has 0 spiro atoms. The lowest BCUT2D eigenvalue weighted by Crippen LogP contribution is -2.57. The smallest absolute Gasteiger partial charge is 0.226 e. The predicted octanol–water partition coefficient (Wildman–Crippen LogP) is 2.09. The van der Waals surface area contributed by atoms with E-state index in [9.17, 15) is 9.59 Å². The van der Waals surface area contributed by atoms with E-state index in [2.05, 4.69) is 29.6 Å². The number of benzene rings is 2. The number of piperidine rings is 1. The molecule has 0 bridgehead atoms. The molecule has 2 aromatic rings. The molecule has 130 valence electrons. The number of nitrogens with zero attached hydrogens (tertiary/aromatic N) is 1. The van der Waals surface area contributed by atoms with E-state index in [1.807, 2.05) is 23.1 Å². The Bertz CT molecular complexity index is 793. The predicted molar refractivity (Wildman–Crippen MR) is 94.8 cm³/mol. The van der Waals surface area contributed by atoms with Gasteiger partial charge in [-0.25, -0.2) is 0 Å². The molecule has 2 aliphatic rings. The molecular weight excluding hydrogens is 316 g/mol. The summed E-state index contributed by atoms with van der Waals surface area (Å²) in [5.41, 5.74) is 1.17. The molecule has 0 aliphatic carbocycles. The first-order chi connectivity index (χ1) is 12.2. The van der Waals surface area contributed by atoms with E-state index in [1.165, 1.54) is 16.3 Å². The Labute approximate surface area is 146 Å². The maximum Gasteiger partial charge on any atom is 0.226 e. The number of hydrogen-bond acceptors (Lipinski definition) is 3. The highest BCUT2D eigenvalue weighted by atomic mass is 16.5. The van der Waals surface area contributed by atoms with Crippen LogP contribution in [0.1, 0.15) is 18.4 Å². The largest absolute Gasteiger partial charge is 0.370 e. The van der Waals surface area contributed by atoms with Gasteiger partial charge in [-0.2, -0.15) is 0 Å². The van der Waals surface area contributed by atoms with Gasteiger partial charge < -0.3 is 15.0 Å². The number of likely N-dealkylation sites (tertiary alicyclic amines) is 1. The van der Waals surface area contributed by atoms with Gasteiger partial charge in [-0.1, -0.05) is 42.5 Å². The second-order valence-electron chi connectivity index (χ2n) is 6.85. The van der Waals surface area contributed by atoms with Crippen molar-refractivity contribution < 1.29 is 14.3 Å². The molecule has 0 saturated carbocycles. The number of ether oxygens (including phenoxy) is 1. The molecule has 2 aliphatic heterocycles. The first-order valence-electron chi connectivity index (χ1n) is 8.84. The van der Waals surface area contributed by atoms with Crippen LogP contribution in [-0.2, 0) is 20.9 Å². The minimum absolute atomic E-state index is 0.0196. The zero-order valence-corrected chi connectivity index (χ0v) is 14.1. The normalized spacial score (nSPS) is 21.0. The number of amides is 2. The minimum Gasteiger partial charge on any atom is -0.370 e. The van der Waals surface area contributed by atoms with Crippen LogP contribution in [0.2, 0.25) is 0 Å². The standard InChI is InChI=1S/C20H22N2O3/c23-19-10-15(8-9-21-19)20(24)22-11-17(12-22)25-13-16-6-3-5-14-4-1-2-7-18(14)16/h1-7,15,17H,8-13H2,(H,21,23). The number of nitrogens with one attached hydrogen (secondary N) is 1. The summed E-state index contributed by atoms with van der Waals surface area (Å²) < 4.78 is 5.99. The Morgan fingerprint density at radius 3 is 2.80 bits per heavy atom. The maximum atomic E-state index is 12.4. The fourth-order valence-corrected chi connectivity index (χ4v) is 3.60. The highest BCUT2D eigenvalue weighted by Crippen LogP contribution is 2.24. The van der Waals surface area contributed by atoms with Crippen molar-refractivity contribution in [1.82, 2.24) is 10.2 Å². The first-order valence-corrected chi connectivity index (χ1v) is 8.84. The Balaban J connectivity index is 1.30. The van der Waals surface area contributed by atoms with Crippen LogP contribution in [0.25, 0.3) is 10.8 Å². The summed E-state index contributed by atoms with van der Waals surface area (Å²) in [4.78, 5) is 25.7. The van der Waals surface area contributed by atoms with Gasteiger partial charge >= 0.3 is 0 Å². The Morgan fingerprint density at radius 1 is 1.16 bits per heavy atom. The topological polar surface area (TPSA) is 58.6 Å². The molecule has 0 aromatic heterocycles. The van der Waals surface area contributed by atoms with Gasteiger partial charge in [0.25, 0.3) is 0 Å². The van der Waals surface area contributed by atoms with Gasteiger partial charge in [0, 0.05) is 32.0 Å². The van der Waals surface area contributed by atoms with Gasteiger partial charge in [0.1, 0.15) is 0 Å². The van der Waals surface area contributed by atoms with Crippen molar-refractivity contribution in [2.75, 3.05) is 19.6 Å². The van der Waals surface area contributed by atoms with Crippen LogP contribution in [-0.4, -0.2) is 42.5 Å². The van der Waals surface area contributed by atoms with E-state index in [1.54, 1.807) is 0 Å². The Hall–Kier alpha value is -2.40. The van der Waals surface area contributed by atoms with Crippen LogP contribution in [0.3, 0.4) is 0 Å². The summed E-state index contributed by atoms with van der Waals surface area (Å²) in [6.45, 7) is 2.41. The van der Waals surface area contributed by atoms with Gasteiger partial charge in [-0.15, -0.1) is 0 Å². The van der Waals surface area contributed by atoms with Gasteiger partial charge in [0.2, 0.25) is 11.8 Å². The van der Waals surface area contributed by atoms with Crippen molar-refractivity contribution in [3.63, 3.8) is 0 Å². The van der Waals surface area contributed by atoms with Crippen molar-refractivity contribution in [2.24, 2.45) is 5.92 Å². The lowest BCUT2D eigenvalue weighted by Gasteiger charge is -2.41. The highest BCUT2D eigenvalue weighted by molar-refractivity contribution is 5.87. The Kier molecular flexibility index (Phi) is 4.40. The van der Waals surface area contributed by atoms with Crippen LogP contribution >= 0.6 is 0 Å². The van der Waals surface area contributed by atoms with Crippen LogP contribution < -0.4 is 5.32 Å². The van der Waals surface area contributed by atoms with Crippen LogP contribution in [0.5, 0.6) is 0 Å². The fraction of sp³-hybridized carbons (Fsp3) is 0.400. The highest BCUT2D eigenvalue weighted by Gasteiger charge is 2.36. The fourth-order valence-electron chi connectivity index (χ4n) is 3.60. The number of fused-ring (bicyclic) bond motifs is 1. The number of carbonyl (C=O) groups excluding carboxylic acids is 2. The molecule has 0 radical (unpaired) electrons. The van der Waals surface area contributed by atoms with Crippen LogP contribution in [0.4, 0.5) is 0 Å². The van der Waals surface area contributed by atoms with Crippen molar-refractivity contribution in [1.29, 1.82) is 0 Å².